The van der Waals surface area contributed by atoms with Crippen molar-refractivity contribution in [3.8, 4) is 0 Å². The summed E-state index contributed by atoms with van der Waals surface area (Å²) in [5.41, 5.74) is -1.38. The van der Waals surface area contributed by atoms with Gasteiger partial charge in [0.25, 0.3) is 5.91 Å². The first-order valence-corrected chi connectivity index (χ1v) is 8.87. The highest BCUT2D eigenvalue weighted by atomic mass is 19.4. The average Bonchev–Trinajstić information content (AvgIpc) is 3.40. The van der Waals surface area contributed by atoms with Gasteiger partial charge >= 0.3 is 6.18 Å². The van der Waals surface area contributed by atoms with Crippen LogP contribution >= 0.6 is 0 Å². The number of carbonyl (C=O) groups is 2. The lowest BCUT2D eigenvalue weighted by Gasteiger charge is -2.17. The van der Waals surface area contributed by atoms with Gasteiger partial charge in [-0.1, -0.05) is 0 Å². The topological polar surface area (TPSA) is 96.5 Å². The van der Waals surface area contributed by atoms with Gasteiger partial charge in [-0.25, -0.2) is 0 Å². The number of hydrogen-bond acceptors (Lipinski definition) is 5. The molecule has 3 aromatic rings. The van der Waals surface area contributed by atoms with E-state index in [1.54, 1.807) is 19.1 Å². The molecule has 2 heterocycles. The van der Waals surface area contributed by atoms with E-state index in [1.807, 2.05) is 0 Å². The Morgan fingerprint density at radius 1 is 1.07 bits per heavy atom. The van der Waals surface area contributed by atoms with E-state index in [2.05, 4.69) is 16.0 Å². The molecule has 0 aliphatic rings. The van der Waals surface area contributed by atoms with Gasteiger partial charge in [0.15, 0.2) is 5.76 Å². The van der Waals surface area contributed by atoms with E-state index in [0.29, 0.717) is 5.76 Å². The Hall–Kier alpha value is -3.69. The zero-order chi connectivity index (χ0) is 21.7. The largest absolute Gasteiger partial charge is 0.467 e. The molecule has 0 spiro atoms. The van der Waals surface area contributed by atoms with E-state index in [9.17, 15) is 22.8 Å². The van der Waals surface area contributed by atoms with Gasteiger partial charge in [-0.3, -0.25) is 9.59 Å². The first kappa shape index (κ1) is 21.0. The van der Waals surface area contributed by atoms with Crippen LogP contribution in [-0.4, -0.2) is 18.4 Å². The molecule has 158 valence electrons. The third-order valence-electron chi connectivity index (χ3n) is 4.11. The normalized spacial score (nSPS) is 12.3. The number of carbonyl (C=O) groups excluding carboxylic acids is 2. The molecule has 3 rings (SSSR count). The minimum atomic E-state index is -4.70. The Morgan fingerprint density at radius 3 is 2.43 bits per heavy atom. The average molecular weight is 421 g/mol. The van der Waals surface area contributed by atoms with Gasteiger partial charge in [-0.15, -0.1) is 0 Å². The molecule has 0 aliphatic heterocycles. The zero-order valence-corrected chi connectivity index (χ0v) is 15.7. The van der Waals surface area contributed by atoms with E-state index < -0.39 is 29.6 Å². The van der Waals surface area contributed by atoms with E-state index in [-0.39, 0.29) is 23.7 Å². The predicted molar refractivity (Wildman–Crippen MR) is 102 cm³/mol. The molecule has 0 bridgehead atoms. The molecule has 0 saturated carbocycles. The number of nitrogens with one attached hydrogen (secondary N) is 3. The second-order valence-corrected chi connectivity index (χ2v) is 6.35. The molecule has 30 heavy (non-hydrogen) atoms. The quantitative estimate of drug-likeness (QED) is 0.524. The third-order valence-corrected chi connectivity index (χ3v) is 4.11. The lowest BCUT2D eigenvalue weighted by Crippen LogP contribution is -2.32. The van der Waals surface area contributed by atoms with Crippen LogP contribution in [0, 0.1) is 0 Å². The lowest BCUT2D eigenvalue weighted by molar-refractivity contribution is -0.137. The van der Waals surface area contributed by atoms with Gasteiger partial charge < -0.3 is 24.8 Å². The molecule has 2 aromatic heterocycles. The molecular weight excluding hydrogens is 403 g/mol. The van der Waals surface area contributed by atoms with Crippen LogP contribution in [-0.2, 0) is 11.0 Å². The fourth-order valence-electron chi connectivity index (χ4n) is 2.69. The SMILES string of the molecule is CC(NC(=O)CNc1ccc(NC(=O)c2ccco2)cc1C(F)(F)F)c1ccco1. The summed E-state index contributed by atoms with van der Waals surface area (Å²) in [6.07, 6.45) is -1.97. The summed E-state index contributed by atoms with van der Waals surface area (Å²) in [4.78, 5) is 24.0. The van der Waals surface area contributed by atoms with E-state index in [4.69, 9.17) is 8.83 Å². The monoisotopic (exact) mass is 421 g/mol. The van der Waals surface area contributed by atoms with Gasteiger partial charge in [0, 0.05) is 11.4 Å². The number of rotatable bonds is 7. The molecule has 1 atom stereocenters. The van der Waals surface area contributed by atoms with Crippen LogP contribution in [0.3, 0.4) is 0 Å². The van der Waals surface area contributed by atoms with Crippen molar-refractivity contribution in [1.29, 1.82) is 0 Å². The molecule has 0 saturated heterocycles. The van der Waals surface area contributed by atoms with E-state index in [1.165, 1.54) is 30.7 Å². The van der Waals surface area contributed by atoms with Gasteiger partial charge in [0.05, 0.1) is 30.7 Å². The van der Waals surface area contributed by atoms with Crippen LogP contribution in [0.5, 0.6) is 0 Å². The maximum Gasteiger partial charge on any atom is 0.418 e. The highest BCUT2D eigenvalue weighted by molar-refractivity contribution is 6.02. The molecule has 0 aliphatic carbocycles. The van der Waals surface area contributed by atoms with Crippen molar-refractivity contribution >= 4 is 23.2 Å². The fourth-order valence-corrected chi connectivity index (χ4v) is 2.69. The van der Waals surface area contributed by atoms with Crippen LogP contribution in [0.15, 0.2) is 63.8 Å². The van der Waals surface area contributed by atoms with E-state index >= 15 is 0 Å². The Bertz CT molecular complexity index is 999. The summed E-state index contributed by atoms with van der Waals surface area (Å²) < 4.78 is 50.5. The minimum absolute atomic E-state index is 0.0342. The number of alkyl halides is 3. The maximum atomic E-state index is 13.5. The van der Waals surface area contributed by atoms with Crippen molar-refractivity contribution in [2.75, 3.05) is 17.2 Å². The van der Waals surface area contributed by atoms with Crippen molar-refractivity contribution in [3.05, 3.63) is 72.1 Å². The summed E-state index contributed by atoms with van der Waals surface area (Å²) >= 11 is 0. The molecular formula is C20H18F3N3O4. The third kappa shape index (κ3) is 5.22. The van der Waals surface area contributed by atoms with Gasteiger partial charge in [-0.2, -0.15) is 13.2 Å². The van der Waals surface area contributed by atoms with Crippen LogP contribution in [0.4, 0.5) is 24.5 Å². The number of halogens is 3. The molecule has 2 amide bonds. The Balaban J connectivity index is 1.68. The van der Waals surface area contributed by atoms with Gasteiger partial charge in [0.1, 0.15) is 5.76 Å². The first-order valence-electron chi connectivity index (χ1n) is 8.87. The highest BCUT2D eigenvalue weighted by Crippen LogP contribution is 2.36. The summed E-state index contributed by atoms with van der Waals surface area (Å²) in [6.45, 7) is 1.31. The fraction of sp³-hybridized carbons (Fsp3) is 0.200. The molecule has 0 radical (unpaired) electrons. The van der Waals surface area contributed by atoms with Crippen molar-refractivity contribution in [1.82, 2.24) is 5.32 Å². The van der Waals surface area contributed by atoms with Crippen molar-refractivity contribution in [2.45, 2.75) is 19.1 Å². The molecule has 1 unspecified atom stereocenters. The van der Waals surface area contributed by atoms with Crippen molar-refractivity contribution in [3.63, 3.8) is 0 Å². The van der Waals surface area contributed by atoms with Crippen LogP contribution < -0.4 is 16.0 Å². The highest BCUT2D eigenvalue weighted by Gasteiger charge is 2.34. The van der Waals surface area contributed by atoms with Gasteiger partial charge in [-0.05, 0) is 49.4 Å². The van der Waals surface area contributed by atoms with E-state index in [0.717, 1.165) is 12.1 Å². The Labute approximate surface area is 169 Å². The summed E-state index contributed by atoms with van der Waals surface area (Å²) in [5.74, 6) is -0.702. The number of amides is 2. The molecule has 0 fully saturated rings. The summed E-state index contributed by atoms with van der Waals surface area (Å²) in [5, 5.41) is 7.44. The molecule has 7 nitrogen and oxygen atoms in total. The maximum absolute atomic E-state index is 13.5. The van der Waals surface area contributed by atoms with Crippen molar-refractivity contribution in [2.24, 2.45) is 0 Å². The number of anilines is 2. The number of furan rings is 2. The van der Waals surface area contributed by atoms with Crippen LogP contribution in [0.1, 0.15) is 34.8 Å². The number of benzene rings is 1. The number of hydrogen-bond donors (Lipinski definition) is 3. The Morgan fingerprint density at radius 2 is 1.80 bits per heavy atom. The second kappa shape index (κ2) is 8.76. The summed E-state index contributed by atoms with van der Waals surface area (Å²) in [7, 11) is 0. The zero-order valence-electron chi connectivity index (χ0n) is 15.7. The molecule has 10 heteroatoms. The molecule has 3 N–H and O–H groups in total. The molecule has 1 aromatic carbocycles. The summed E-state index contributed by atoms with van der Waals surface area (Å²) in [6, 6.07) is 9.00. The first-order chi connectivity index (χ1) is 14.2. The van der Waals surface area contributed by atoms with Crippen LogP contribution in [0.25, 0.3) is 0 Å². The smallest absolute Gasteiger partial charge is 0.418 e. The minimum Gasteiger partial charge on any atom is -0.467 e. The predicted octanol–water partition coefficient (Wildman–Crippen LogP) is 4.43. The second-order valence-electron chi connectivity index (χ2n) is 6.35. The standard InChI is InChI=1S/C20H18F3N3O4/c1-12(16-4-2-8-29-16)25-18(27)11-24-15-7-6-13(10-14(15)20(21,22)23)26-19(28)17-5-3-9-30-17/h2-10,12,24H,11H2,1H3,(H,25,27)(H,26,28). The van der Waals surface area contributed by atoms with Crippen molar-refractivity contribution < 1.29 is 31.6 Å². The lowest BCUT2D eigenvalue weighted by atomic mass is 10.1. The van der Waals surface area contributed by atoms with Gasteiger partial charge in [0.2, 0.25) is 5.91 Å². The Kier molecular flexibility index (Phi) is 6.14. The van der Waals surface area contributed by atoms with Crippen LogP contribution in [0.2, 0.25) is 0 Å².